The molecule has 0 saturated carbocycles. The zero-order valence-corrected chi connectivity index (χ0v) is 16.7. The van der Waals surface area contributed by atoms with Crippen LogP contribution in [0.4, 0.5) is 0 Å². The van der Waals surface area contributed by atoms with Crippen molar-refractivity contribution in [2.45, 2.75) is 117 Å². The van der Waals surface area contributed by atoms with Crippen molar-refractivity contribution < 1.29 is 9.59 Å². The van der Waals surface area contributed by atoms with E-state index in [-0.39, 0.29) is 0 Å². The molecule has 0 N–H and O–H groups in total. The van der Waals surface area contributed by atoms with Crippen LogP contribution in [0.15, 0.2) is 11.6 Å². The Morgan fingerprint density at radius 2 is 1.17 bits per heavy atom. The maximum Gasteiger partial charge on any atom is 0.145 e. The van der Waals surface area contributed by atoms with E-state index in [4.69, 9.17) is 0 Å². The van der Waals surface area contributed by atoms with Crippen molar-refractivity contribution in [1.82, 2.24) is 0 Å². The van der Waals surface area contributed by atoms with Crippen LogP contribution >= 0.6 is 0 Å². The van der Waals surface area contributed by atoms with Crippen molar-refractivity contribution in [3.63, 3.8) is 0 Å². The Balaban J connectivity index is 0. The fraction of sp³-hybridized carbons (Fsp3) is 0.818. The number of carbonyl (C=O) groups is 2. The topological polar surface area (TPSA) is 34.1 Å². The fourth-order valence-electron chi connectivity index (χ4n) is 2.46. The van der Waals surface area contributed by atoms with Gasteiger partial charge in [0.15, 0.2) is 0 Å². The Morgan fingerprint density at radius 3 is 1.67 bits per heavy atom. The van der Waals surface area contributed by atoms with Crippen molar-refractivity contribution in [3.8, 4) is 0 Å². The summed E-state index contributed by atoms with van der Waals surface area (Å²) < 4.78 is 0. The standard InChI is InChI=1S/C17H32O.C5H10O/c1-3-5-7-9-10-11-13-15-17(16-18)14-12-8-6-4-2;1-2-3-4-5-6/h15-16H,3-14H2,1-2H3;5H,2-4H2,1H3/b17-15+;. The normalized spacial score (nSPS) is 10.9. The highest BCUT2D eigenvalue weighted by Gasteiger charge is 1.96. The highest BCUT2D eigenvalue weighted by atomic mass is 16.1. The van der Waals surface area contributed by atoms with E-state index in [1.54, 1.807) is 0 Å². The third-order valence-electron chi connectivity index (χ3n) is 4.11. The fourth-order valence-corrected chi connectivity index (χ4v) is 2.46. The highest BCUT2D eigenvalue weighted by Crippen LogP contribution is 2.12. The van der Waals surface area contributed by atoms with Crippen LogP contribution in [0.2, 0.25) is 0 Å². The zero-order valence-electron chi connectivity index (χ0n) is 16.7. The Kier molecular flexibility index (Phi) is 25.7. The molecule has 0 bridgehead atoms. The van der Waals surface area contributed by atoms with Crippen LogP contribution in [0.3, 0.4) is 0 Å². The van der Waals surface area contributed by atoms with Crippen LogP contribution in [0, 0.1) is 0 Å². The average molecular weight is 339 g/mol. The second-order valence-corrected chi connectivity index (χ2v) is 6.57. The monoisotopic (exact) mass is 338 g/mol. The van der Waals surface area contributed by atoms with Crippen LogP contribution in [-0.2, 0) is 9.59 Å². The van der Waals surface area contributed by atoms with Gasteiger partial charge in [0.1, 0.15) is 12.6 Å². The second-order valence-electron chi connectivity index (χ2n) is 6.57. The lowest BCUT2D eigenvalue weighted by Gasteiger charge is -2.01. The molecule has 0 atom stereocenters. The number of hydrogen-bond acceptors (Lipinski definition) is 2. The molecule has 0 amide bonds. The minimum absolute atomic E-state index is 0.733. The van der Waals surface area contributed by atoms with Gasteiger partial charge in [-0.1, -0.05) is 84.6 Å². The Bertz CT molecular complexity index is 282. The molecule has 0 aliphatic carbocycles. The molecule has 2 nitrogen and oxygen atoms in total. The number of carbonyl (C=O) groups excluding carboxylic acids is 2. The lowest BCUT2D eigenvalue weighted by atomic mass is 10.0. The van der Waals surface area contributed by atoms with Crippen molar-refractivity contribution in [2.75, 3.05) is 0 Å². The van der Waals surface area contributed by atoms with Gasteiger partial charge in [0.25, 0.3) is 0 Å². The Morgan fingerprint density at radius 1 is 0.625 bits per heavy atom. The molecule has 142 valence electrons. The van der Waals surface area contributed by atoms with E-state index in [9.17, 15) is 9.59 Å². The molecule has 0 aliphatic rings. The van der Waals surface area contributed by atoms with E-state index in [0.717, 1.165) is 50.2 Å². The molecule has 0 aromatic carbocycles. The molecule has 0 aromatic rings. The average Bonchev–Trinajstić information content (AvgIpc) is 2.61. The Labute approximate surface area is 151 Å². The lowest BCUT2D eigenvalue weighted by Crippen LogP contribution is -1.87. The number of rotatable bonds is 16. The summed E-state index contributed by atoms with van der Waals surface area (Å²) in [6.45, 7) is 6.54. The summed E-state index contributed by atoms with van der Waals surface area (Å²) >= 11 is 0. The molecule has 2 heteroatoms. The van der Waals surface area contributed by atoms with Gasteiger partial charge in [0.05, 0.1) is 0 Å². The van der Waals surface area contributed by atoms with E-state index in [0.29, 0.717) is 0 Å². The first kappa shape index (κ1) is 25.3. The van der Waals surface area contributed by atoms with Crippen molar-refractivity contribution >= 4 is 12.6 Å². The summed E-state index contributed by atoms with van der Waals surface area (Å²) in [7, 11) is 0. The number of allylic oxidation sites excluding steroid dienone is 2. The quantitative estimate of drug-likeness (QED) is 0.169. The van der Waals surface area contributed by atoms with Gasteiger partial charge >= 0.3 is 0 Å². The van der Waals surface area contributed by atoms with Crippen molar-refractivity contribution in [3.05, 3.63) is 11.6 Å². The molecule has 0 aromatic heterocycles. The SMILES string of the molecule is CCCCC=O.CCCCCCCC/C=C(/C=O)CCCCCC. The number of aldehydes is 2. The van der Waals surface area contributed by atoms with E-state index in [1.165, 1.54) is 64.2 Å². The van der Waals surface area contributed by atoms with E-state index >= 15 is 0 Å². The summed E-state index contributed by atoms with van der Waals surface area (Å²) in [5, 5.41) is 0. The van der Waals surface area contributed by atoms with E-state index < -0.39 is 0 Å². The highest BCUT2D eigenvalue weighted by molar-refractivity contribution is 5.72. The summed E-state index contributed by atoms with van der Waals surface area (Å²) in [6, 6.07) is 0. The summed E-state index contributed by atoms with van der Waals surface area (Å²) in [5.74, 6) is 0. The molecule has 0 aliphatic heterocycles. The van der Waals surface area contributed by atoms with Gasteiger partial charge in [-0.05, 0) is 37.7 Å². The van der Waals surface area contributed by atoms with Crippen LogP contribution in [0.25, 0.3) is 0 Å². The van der Waals surface area contributed by atoms with Crippen LogP contribution in [0.5, 0.6) is 0 Å². The molecule has 0 heterocycles. The van der Waals surface area contributed by atoms with Crippen LogP contribution in [0.1, 0.15) is 117 Å². The van der Waals surface area contributed by atoms with E-state index in [1.807, 2.05) is 0 Å². The molecular weight excluding hydrogens is 296 g/mol. The van der Waals surface area contributed by atoms with Crippen LogP contribution in [-0.4, -0.2) is 12.6 Å². The number of unbranched alkanes of at least 4 members (excludes halogenated alkanes) is 11. The molecule has 24 heavy (non-hydrogen) atoms. The van der Waals surface area contributed by atoms with Gasteiger partial charge in [0.2, 0.25) is 0 Å². The zero-order chi connectivity index (χ0) is 18.3. The molecule has 0 saturated heterocycles. The molecule has 0 spiro atoms. The maximum absolute atomic E-state index is 10.9. The molecule has 0 fully saturated rings. The first-order valence-electron chi connectivity index (χ1n) is 10.3. The Hall–Kier alpha value is -0.920. The molecule has 0 radical (unpaired) electrons. The minimum Gasteiger partial charge on any atom is -0.303 e. The van der Waals surface area contributed by atoms with Gasteiger partial charge in [-0.3, -0.25) is 4.79 Å². The van der Waals surface area contributed by atoms with Gasteiger partial charge in [-0.2, -0.15) is 0 Å². The van der Waals surface area contributed by atoms with Gasteiger partial charge in [-0.15, -0.1) is 0 Å². The predicted molar refractivity (Wildman–Crippen MR) is 106 cm³/mol. The molecule has 0 unspecified atom stereocenters. The summed E-state index contributed by atoms with van der Waals surface area (Å²) in [6.07, 6.45) is 22.1. The predicted octanol–water partition coefficient (Wildman–Crippen LogP) is 7.21. The van der Waals surface area contributed by atoms with E-state index in [2.05, 4.69) is 26.8 Å². The lowest BCUT2D eigenvalue weighted by molar-refractivity contribution is -0.108. The smallest absolute Gasteiger partial charge is 0.145 e. The first-order chi connectivity index (χ1) is 11.8. The summed E-state index contributed by atoms with van der Waals surface area (Å²) in [4.78, 5) is 20.5. The van der Waals surface area contributed by atoms with Crippen LogP contribution < -0.4 is 0 Å². The third kappa shape index (κ3) is 23.3. The first-order valence-corrected chi connectivity index (χ1v) is 10.3. The van der Waals surface area contributed by atoms with Crippen molar-refractivity contribution in [1.29, 1.82) is 0 Å². The van der Waals surface area contributed by atoms with Crippen molar-refractivity contribution in [2.24, 2.45) is 0 Å². The van der Waals surface area contributed by atoms with Gasteiger partial charge in [0, 0.05) is 6.42 Å². The number of hydrogen-bond donors (Lipinski definition) is 0. The largest absolute Gasteiger partial charge is 0.303 e. The van der Waals surface area contributed by atoms with Gasteiger partial charge in [-0.25, -0.2) is 0 Å². The third-order valence-corrected chi connectivity index (χ3v) is 4.11. The second kappa shape index (κ2) is 24.3. The minimum atomic E-state index is 0.733. The molecular formula is C22H42O2. The maximum atomic E-state index is 10.9. The summed E-state index contributed by atoms with van der Waals surface area (Å²) in [5.41, 5.74) is 1.03. The van der Waals surface area contributed by atoms with Gasteiger partial charge < -0.3 is 4.79 Å². The molecule has 0 rings (SSSR count).